The maximum absolute atomic E-state index is 5.49. The molecule has 0 atom stereocenters. The van der Waals surface area contributed by atoms with Gasteiger partial charge in [-0.25, -0.2) is 0 Å². The molecule has 0 fully saturated rings. The standard InChI is InChI=1S/C11H13N3O3/c1-15-8-3-2-4-9(5-8)16-7-10-13-11(6-12)17-14-10/h2-5H,6-7,12H2,1H3. The Hall–Kier alpha value is -2.08. The summed E-state index contributed by atoms with van der Waals surface area (Å²) in [5.74, 6) is 2.28. The van der Waals surface area contributed by atoms with Crippen LogP contribution in [-0.2, 0) is 13.2 Å². The van der Waals surface area contributed by atoms with Crippen LogP contribution in [0.25, 0.3) is 0 Å². The molecule has 90 valence electrons. The lowest BCUT2D eigenvalue weighted by molar-refractivity contribution is 0.283. The highest BCUT2D eigenvalue weighted by atomic mass is 16.5. The Kier molecular flexibility index (Phi) is 3.56. The van der Waals surface area contributed by atoms with Crippen molar-refractivity contribution in [3.8, 4) is 11.5 Å². The Morgan fingerprint density at radius 2 is 2.18 bits per heavy atom. The molecule has 1 heterocycles. The summed E-state index contributed by atoms with van der Waals surface area (Å²) in [5.41, 5.74) is 5.35. The first-order valence-corrected chi connectivity index (χ1v) is 5.10. The Labute approximate surface area is 98.3 Å². The van der Waals surface area contributed by atoms with Crippen molar-refractivity contribution in [2.24, 2.45) is 5.73 Å². The van der Waals surface area contributed by atoms with Gasteiger partial charge in [-0.05, 0) is 12.1 Å². The van der Waals surface area contributed by atoms with E-state index in [1.165, 1.54) is 0 Å². The van der Waals surface area contributed by atoms with Gasteiger partial charge in [0.25, 0.3) is 0 Å². The molecule has 0 saturated carbocycles. The first-order chi connectivity index (χ1) is 8.31. The summed E-state index contributed by atoms with van der Waals surface area (Å²) in [7, 11) is 1.60. The number of rotatable bonds is 5. The normalized spacial score (nSPS) is 10.2. The predicted octanol–water partition coefficient (Wildman–Crippen LogP) is 1.12. The van der Waals surface area contributed by atoms with Crippen LogP contribution < -0.4 is 15.2 Å². The minimum atomic E-state index is 0.228. The van der Waals surface area contributed by atoms with Crippen molar-refractivity contribution in [3.05, 3.63) is 36.0 Å². The molecule has 2 aromatic rings. The van der Waals surface area contributed by atoms with E-state index in [9.17, 15) is 0 Å². The van der Waals surface area contributed by atoms with Crippen LogP contribution in [0, 0.1) is 0 Å². The maximum Gasteiger partial charge on any atom is 0.240 e. The number of hydrogen-bond donors (Lipinski definition) is 1. The Morgan fingerprint density at radius 3 is 2.88 bits per heavy atom. The molecule has 0 saturated heterocycles. The van der Waals surface area contributed by atoms with Crippen LogP contribution in [0.5, 0.6) is 11.5 Å². The van der Waals surface area contributed by atoms with E-state index in [-0.39, 0.29) is 13.2 Å². The van der Waals surface area contributed by atoms with Gasteiger partial charge in [-0.2, -0.15) is 4.98 Å². The monoisotopic (exact) mass is 235 g/mol. The Morgan fingerprint density at radius 1 is 1.35 bits per heavy atom. The second-order valence-electron chi connectivity index (χ2n) is 3.28. The number of benzene rings is 1. The topological polar surface area (TPSA) is 83.4 Å². The van der Waals surface area contributed by atoms with Gasteiger partial charge in [-0.1, -0.05) is 11.2 Å². The third-order valence-electron chi connectivity index (χ3n) is 2.09. The van der Waals surface area contributed by atoms with Crippen LogP contribution in [0.1, 0.15) is 11.7 Å². The lowest BCUT2D eigenvalue weighted by atomic mass is 10.3. The second kappa shape index (κ2) is 5.31. The number of aromatic nitrogens is 2. The molecular weight excluding hydrogens is 222 g/mol. The fourth-order valence-corrected chi connectivity index (χ4v) is 1.27. The number of ether oxygens (including phenoxy) is 2. The number of nitrogens with two attached hydrogens (primary N) is 1. The minimum absolute atomic E-state index is 0.228. The quantitative estimate of drug-likeness (QED) is 0.835. The number of hydrogen-bond acceptors (Lipinski definition) is 6. The van der Waals surface area contributed by atoms with E-state index < -0.39 is 0 Å². The molecule has 1 aromatic carbocycles. The van der Waals surface area contributed by atoms with Gasteiger partial charge in [0.15, 0.2) is 6.61 Å². The van der Waals surface area contributed by atoms with Crippen molar-refractivity contribution in [2.45, 2.75) is 13.2 Å². The minimum Gasteiger partial charge on any atom is -0.497 e. The molecule has 2 N–H and O–H groups in total. The molecule has 0 aliphatic rings. The first-order valence-electron chi connectivity index (χ1n) is 5.10. The fourth-order valence-electron chi connectivity index (χ4n) is 1.27. The fraction of sp³-hybridized carbons (Fsp3) is 0.273. The van der Waals surface area contributed by atoms with Crippen molar-refractivity contribution in [1.82, 2.24) is 10.1 Å². The zero-order valence-electron chi connectivity index (χ0n) is 9.42. The van der Waals surface area contributed by atoms with Gasteiger partial charge in [0.05, 0.1) is 13.7 Å². The molecule has 0 radical (unpaired) electrons. The summed E-state index contributed by atoms with van der Waals surface area (Å²) in [6, 6.07) is 7.29. The van der Waals surface area contributed by atoms with Gasteiger partial charge >= 0.3 is 0 Å². The highest BCUT2D eigenvalue weighted by molar-refractivity contribution is 5.32. The molecule has 2 rings (SSSR count). The van der Waals surface area contributed by atoms with Crippen molar-refractivity contribution in [2.75, 3.05) is 7.11 Å². The van der Waals surface area contributed by atoms with E-state index in [0.29, 0.717) is 17.5 Å². The van der Waals surface area contributed by atoms with Gasteiger partial charge in [0.1, 0.15) is 11.5 Å². The molecule has 6 heteroatoms. The van der Waals surface area contributed by atoms with Crippen LogP contribution >= 0.6 is 0 Å². The van der Waals surface area contributed by atoms with Gasteiger partial charge < -0.3 is 19.7 Å². The molecule has 6 nitrogen and oxygen atoms in total. The van der Waals surface area contributed by atoms with Gasteiger partial charge in [-0.15, -0.1) is 0 Å². The van der Waals surface area contributed by atoms with Gasteiger partial charge in [-0.3, -0.25) is 0 Å². The van der Waals surface area contributed by atoms with E-state index in [0.717, 1.165) is 5.75 Å². The molecule has 0 unspecified atom stereocenters. The first kappa shape index (κ1) is 11.4. The Bertz CT molecular complexity index is 484. The molecule has 0 amide bonds. The lowest BCUT2D eigenvalue weighted by Gasteiger charge is -2.04. The summed E-state index contributed by atoms with van der Waals surface area (Å²) in [6.45, 7) is 0.461. The second-order valence-corrected chi connectivity index (χ2v) is 3.28. The zero-order chi connectivity index (χ0) is 12.1. The van der Waals surface area contributed by atoms with Crippen molar-refractivity contribution < 1.29 is 14.0 Å². The predicted molar refractivity (Wildman–Crippen MR) is 59.5 cm³/mol. The lowest BCUT2D eigenvalue weighted by Crippen LogP contribution is -1.99. The van der Waals surface area contributed by atoms with Gasteiger partial charge in [0.2, 0.25) is 11.7 Å². The highest BCUT2D eigenvalue weighted by Crippen LogP contribution is 2.19. The third kappa shape index (κ3) is 2.94. The van der Waals surface area contributed by atoms with E-state index in [1.807, 2.05) is 18.2 Å². The maximum atomic E-state index is 5.49. The van der Waals surface area contributed by atoms with Crippen LogP contribution in [0.2, 0.25) is 0 Å². The summed E-state index contributed by atoms with van der Waals surface area (Å²) < 4.78 is 15.4. The van der Waals surface area contributed by atoms with Crippen molar-refractivity contribution in [1.29, 1.82) is 0 Å². The average molecular weight is 235 g/mol. The van der Waals surface area contributed by atoms with E-state index in [4.69, 9.17) is 19.7 Å². The molecule has 0 bridgehead atoms. The zero-order valence-corrected chi connectivity index (χ0v) is 9.42. The molecule has 0 aliphatic heterocycles. The van der Waals surface area contributed by atoms with Crippen LogP contribution in [0.15, 0.2) is 28.8 Å². The SMILES string of the molecule is COc1cccc(OCc2noc(CN)n2)c1. The summed E-state index contributed by atoms with van der Waals surface area (Å²) in [4.78, 5) is 4.03. The summed E-state index contributed by atoms with van der Waals surface area (Å²) in [5, 5.41) is 3.72. The molecule has 1 aromatic heterocycles. The molecule has 17 heavy (non-hydrogen) atoms. The molecule has 0 spiro atoms. The highest BCUT2D eigenvalue weighted by Gasteiger charge is 2.05. The van der Waals surface area contributed by atoms with Gasteiger partial charge in [0, 0.05) is 6.07 Å². The smallest absolute Gasteiger partial charge is 0.240 e. The summed E-state index contributed by atoms with van der Waals surface area (Å²) in [6.07, 6.45) is 0. The number of methoxy groups -OCH3 is 1. The van der Waals surface area contributed by atoms with Crippen LogP contribution in [-0.4, -0.2) is 17.3 Å². The van der Waals surface area contributed by atoms with Crippen LogP contribution in [0.3, 0.4) is 0 Å². The largest absolute Gasteiger partial charge is 0.497 e. The third-order valence-corrected chi connectivity index (χ3v) is 2.09. The Balaban J connectivity index is 1.96. The van der Waals surface area contributed by atoms with Crippen molar-refractivity contribution in [3.63, 3.8) is 0 Å². The van der Waals surface area contributed by atoms with Crippen molar-refractivity contribution >= 4 is 0 Å². The van der Waals surface area contributed by atoms with E-state index in [1.54, 1.807) is 13.2 Å². The molecule has 0 aliphatic carbocycles. The average Bonchev–Trinajstić information content (AvgIpc) is 2.84. The number of nitrogens with zero attached hydrogens (tertiary/aromatic N) is 2. The van der Waals surface area contributed by atoms with E-state index >= 15 is 0 Å². The van der Waals surface area contributed by atoms with E-state index in [2.05, 4.69) is 10.1 Å². The van der Waals surface area contributed by atoms with Crippen LogP contribution in [0.4, 0.5) is 0 Å². The summed E-state index contributed by atoms with van der Waals surface area (Å²) >= 11 is 0. The molecular formula is C11H13N3O3.